The van der Waals surface area contributed by atoms with Gasteiger partial charge in [-0.15, -0.1) is 10.2 Å². The number of nitrogens with one attached hydrogen (secondary N) is 2. The van der Waals surface area contributed by atoms with Gasteiger partial charge in [-0.2, -0.15) is 0 Å². The Kier molecular flexibility index (Phi) is 6.76. The second kappa shape index (κ2) is 9.03. The highest BCUT2D eigenvalue weighted by Gasteiger charge is 2.15. The van der Waals surface area contributed by atoms with E-state index in [9.17, 15) is 4.79 Å². The van der Waals surface area contributed by atoms with E-state index in [1.807, 2.05) is 20.9 Å². The van der Waals surface area contributed by atoms with Crippen LogP contribution in [0.3, 0.4) is 0 Å². The first-order chi connectivity index (χ1) is 12.0. The smallest absolute Gasteiger partial charge is 0.279 e. The minimum absolute atomic E-state index is 0.111. The van der Waals surface area contributed by atoms with Crippen LogP contribution in [-0.2, 0) is 11.3 Å². The highest BCUT2D eigenvalue weighted by Crippen LogP contribution is 2.30. The fourth-order valence-corrected chi connectivity index (χ4v) is 2.34. The number of ether oxygens (including phenoxy) is 2. The summed E-state index contributed by atoms with van der Waals surface area (Å²) < 4.78 is 16.4. The molecule has 1 atom stereocenters. The summed E-state index contributed by atoms with van der Waals surface area (Å²) in [7, 11) is 1.89. The van der Waals surface area contributed by atoms with E-state index in [0.717, 1.165) is 4.90 Å². The first kappa shape index (κ1) is 18.7. The van der Waals surface area contributed by atoms with Crippen molar-refractivity contribution in [1.29, 1.82) is 0 Å². The van der Waals surface area contributed by atoms with Gasteiger partial charge in [0.25, 0.3) is 11.8 Å². The third-order valence-corrected chi connectivity index (χ3v) is 3.31. The zero-order chi connectivity index (χ0) is 18.2. The second-order valence-corrected chi connectivity index (χ2v) is 5.60. The van der Waals surface area contributed by atoms with Crippen molar-refractivity contribution < 1.29 is 23.6 Å². The van der Waals surface area contributed by atoms with Crippen LogP contribution >= 0.6 is 0 Å². The lowest BCUT2D eigenvalue weighted by molar-refractivity contribution is -0.886. The maximum absolute atomic E-state index is 12.2. The second-order valence-electron chi connectivity index (χ2n) is 5.60. The summed E-state index contributed by atoms with van der Waals surface area (Å²) >= 11 is 0. The number of nitrogens with zero attached hydrogens (tertiary/aromatic N) is 2. The van der Waals surface area contributed by atoms with Crippen LogP contribution in [0.5, 0.6) is 11.5 Å². The maximum atomic E-state index is 12.2. The van der Waals surface area contributed by atoms with Crippen molar-refractivity contribution in [1.82, 2.24) is 10.2 Å². The van der Waals surface area contributed by atoms with Crippen molar-refractivity contribution in [2.45, 2.75) is 27.3 Å². The average molecular weight is 349 g/mol. The largest absolute Gasteiger partial charge is 0.490 e. The van der Waals surface area contributed by atoms with Gasteiger partial charge in [-0.05, 0) is 26.0 Å². The van der Waals surface area contributed by atoms with Crippen LogP contribution in [0.1, 0.15) is 25.6 Å². The Morgan fingerprint density at radius 1 is 1.20 bits per heavy atom. The number of hydrogen-bond acceptors (Lipinski definition) is 6. The molecule has 0 spiro atoms. The number of hydrogen-bond donors (Lipinski definition) is 2. The van der Waals surface area contributed by atoms with Crippen LogP contribution in [0, 0.1) is 6.92 Å². The summed E-state index contributed by atoms with van der Waals surface area (Å²) in [6, 6.07) is 5.35. The molecule has 8 nitrogen and oxygen atoms in total. The lowest BCUT2D eigenvalue weighted by Gasteiger charge is -2.14. The normalized spacial score (nSPS) is 11.8. The molecule has 8 heteroatoms. The van der Waals surface area contributed by atoms with Gasteiger partial charge in [-0.1, -0.05) is 0 Å². The maximum Gasteiger partial charge on any atom is 0.279 e. The van der Waals surface area contributed by atoms with E-state index in [2.05, 4.69) is 15.5 Å². The molecule has 1 unspecified atom stereocenters. The molecule has 0 radical (unpaired) electrons. The zero-order valence-electron chi connectivity index (χ0n) is 15.1. The number of likely N-dealkylation sites (N-methyl/N-ethyl adjacent to an activating group) is 1. The van der Waals surface area contributed by atoms with Crippen molar-refractivity contribution in [3.8, 4) is 11.5 Å². The van der Waals surface area contributed by atoms with Crippen LogP contribution in [0.15, 0.2) is 22.6 Å². The summed E-state index contributed by atoms with van der Waals surface area (Å²) in [5.41, 5.74) is 0.665. The number of rotatable bonds is 9. The number of carbonyl (C=O) groups excluding carboxylic acids is 1. The van der Waals surface area contributed by atoms with Crippen LogP contribution in [0.2, 0.25) is 0 Å². The van der Waals surface area contributed by atoms with Crippen molar-refractivity contribution in [2.24, 2.45) is 0 Å². The molecule has 2 rings (SSSR count). The molecule has 0 fully saturated rings. The highest BCUT2D eigenvalue weighted by molar-refractivity contribution is 5.91. The average Bonchev–Trinajstić information content (AvgIpc) is 2.95. The number of amides is 1. The molecule has 0 saturated heterocycles. The fourth-order valence-electron chi connectivity index (χ4n) is 2.34. The van der Waals surface area contributed by atoms with Gasteiger partial charge in [-0.25, -0.2) is 0 Å². The first-order valence-electron chi connectivity index (χ1n) is 8.31. The molecule has 25 heavy (non-hydrogen) atoms. The topological polar surface area (TPSA) is 90.9 Å². The minimum atomic E-state index is -0.111. The standard InChI is InChI=1S/C17H24N4O4/c1-5-23-14-8-7-13(9-15(14)24-6-2)18-16(22)10-21(4)11-17-20-19-12(3)25-17/h7-9H,5-6,10-11H2,1-4H3,(H,18,22)/p+1. The van der Waals surface area contributed by atoms with Crippen molar-refractivity contribution in [3.63, 3.8) is 0 Å². The van der Waals surface area contributed by atoms with Gasteiger partial charge in [0.15, 0.2) is 24.6 Å². The molecular formula is C17H25N4O4+. The first-order valence-corrected chi connectivity index (χ1v) is 8.31. The number of quaternary nitrogens is 1. The monoisotopic (exact) mass is 349 g/mol. The number of benzene rings is 1. The van der Waals surface area contributed by atoms with Gasteiger partial charge >= 0.3 is 0 Å². The molecule has 0 saturated carbocycles. The number of carbonyl (C=O) groups is 1. The van der Waals surface area contributed by atoms with Crippen molar-refractivity contribution in [3.05, 3.63) is 30.0 Å². The quantitative estimate of drug-likeness (QED) is 0.697. The molecule has 0 aliphatic heterocycles. The van der Waals surface area contributed by atoms with Gasteiger partial charge in [0.2, 0.25) is 5.89 Å². The Labute approximate surface area is 147 Å². The predicted molar refractivity (Wildman–Crippen MR) is 91.9 cm³/mol. The Bertz CT molecular complexity index is 702. The molecule has 1 aromatic carbocycles. The van der Waals surface area contributed by atoms with E-state index in [1.54, 1.807) is 25.1 Å². The number of aromatic nitrogens is 2. The Morgan fingerprint density at radius 2 is 1.92 bits per heavy atom. The third-order valence-electron chi connectivity index (χ3n) is 3.31. The molecule has 0 aliphatic carbocycles. The molecule has 136 valence electrons. The lowest BCUT2D eigenvalue weighted by atomic mass is 10.2. The van der Waals surface area contributed by atoms with E-state index in [1.165, 1.54) is 0 Å². The van der Waals surface area contributed by atoms with E-state index in [0.29, 0.717) is 48.7 Å². The summed E-state index contributed by atoms with van der Waals surface area (Å²) in [6.07, 6.45) is 0. The summed E-state index contributed by atoms with van der Waals surface area (Å²) in [4.78, 5) is 13.2. The van der Waals surface area contributed by atoms with Crippen LogP contribution in [0.4, 0.5) is 5.69 Å². The molecule has 1 amide bonds. The molecular weight excluding hydrogens is 324 g/mol. The van der Waals surface area contributed by atoms with Gasteiger partial charge in [0.05, 0.1) is 20.3 Å². The molecule has 1 heterocycles. The minimum Gasteiger partial charge on any atom is -0.490 e. The van der Waals surface area contributed by atoms with Crippen LogP contribution in [0.25, 0.3) is 0 Å². The summed E-state index contributed by atoms with van der Waals surface area (Å²) in [5, 5.41) is 10.6. The van der Waals surface area contributed by atoms with E-state index in [-0.39, 0.29) is 12.5 Å². The number of anilines is 1. The lowest BCUT2D eigenvalue weighted by Crippen LogP contribution is -3.08. The molecule has 1 aromatic heterocycles. The molecule has 0 aliphatic rings. The van der Waals surface area contributed by atoms with Crippen LogP contribution in [-0.4, -0.2) is 42.9 Å². The van der Waals surface area contributed by atoms with Crippen molar-refractivity contribution >= 4 is 11.6 Å². The molecule has 2 aromatic rings. The Morgan fingerprint density at radius 3 is 2.56 bits per heavy atom. The van der Waals surface area contributed by atoms with Gasteiger partial charge in [-0.3, -0.25) is 4.79 Å². The van der Waals surface area contributed by atoms with E-state index >= 15 is 0 Å². The third kappa shape index (κ3) is 5.75. The number of aryl methyl sites for hydroxylation is 1. The van der Waals surface area contributed by atoms with E-state index < -0.39 is 0 Å². The SMILES string of the molecule is CCOc1ccc(NC(=O)C[NH+](C)Cc2nnc(C)o2)cc1OCC. The van der Waals surface area contributed by atoms with Gasteiger partial charge in [0.1, 0.15) is 0 Å². The Balaban J connectivity index is 1.93. The summed E-state index contributed by atoms with van der Waals surface area (Å²) in [6.45, 7) is 7.39. The Hall–Kier alpha value is -2.61. The fraction of sp³-hybridized carbons (Fsp3) is 0.471. The molecule has 2 N–H and O–H groups in total. The van der Waals surface area contributed by atoms with Gasteiger partial charge in [0, 0.05) is 18.7 Å². The zero-order valence-corrected chi connectivity index (χ0v) is 15.1. The van der Waals surface area contributed by atoms with Crippen molar-refractivity contribution in [2.75, 3.05) is 32.1 Å². The van der Waals surface area contributed by atoms with E-state index in [4.69, 9.17) is 13.9 Å². The van der Waals surface area contributed by atoms with Gasteiger partial charge < -0.3 is 24.1 Å². The summed E-state index contributed by atoms with van der Waals surface area (Å²) in [5.74, 6) is 2.20. The predicted octanol–water partition coefficient (Wildman–Crippen LogP) is 0.829. The highest BCUT2D eigenvalue weighted by atomic mass is 16.5. The molecule has 0 bridgehead atoms. The van der Waals surface area contributed by atoms with Crippen LogP contribution < -0.4 is 19.7 Å².